The lowest BCUT2D eigenvalue weighted by atomic mass is 9.97. The Morgan fingerprint density at radius 3 is 2.62 bits per heavy atom. The highest BCUT2D eigenvalue weighted by Crippen LogP contribution is 2.22. The van der Waals surface area contributed by atoms with Gasteiger partial charge < -0.3 is 15.0 Å². The largest absolute Gasteiger partial charge is 0.444 e. The molecule has 1 saturated heterocycles. The van der Waals surface area contributed by atoms with Gasteiger partial charge in [0.2, 0.25) is 5.91 Å². The lowest BCUT2D eigenvalue weighted by Gasteiger charge is -2.33. The molecular formula is C19H28N2O3. The number of hydrogen-bond donors (Lipinski definition) is 1. The van der Waals surface area contributed by atoms with Gasteiger partial charge in [0.1, 0.15) is 5.60 Å². The van der Waals surface area contributed by atoms with Crippen LogP contribution in [0.3, 0.4) is 0 Å². The van der Waals surface area contributed by atoms with E-state index in [1.54, 1.807) is 4.90 Å². The summed E-state index contributed by atoms with van der Waals surface area (Å²) < 4.78 is 5.41. The minimum atomic E-state index is -0.523. The molecule has 1 aliphatic heterocycles. The van der Waals surface area contributed by atoms with Gasteiger partial charge in [0, 0.05) is 18.8 Å². The number of anilines is 1. The number of nitrogens with one attached hydrogen (secondary N) is 1. The first-order valence-electron chi connectivity index (χ1n) is 8.52. The summed E-state index contributed by atoms with van der Waals surface area (Å²) in [6.45, 7) is 10.6. The van der Waals surface area contributed by atoms with E-state index in [2.05, 4.69) is 5.32 Å². The van der Waals surface area contributed by atoms with Gasteiger partial charge >= 0.3 is 6.09 Å². The molecule has 0 aliphatic carbocycles. The molecule has 0 saturated carbocycles. The van der Waals surface area contributed by atoms with Crippen LogP contribution in [0.2, 0.25) is 0 Å². The number of amides is 2. The fourth-order valence-electron chi connectivity index (χ4n) is 2.79. The van der Waals surface area contributed by atoms with E-state index in [-0.39, 0.29) is 17.9 Å². The van der Waals surface area contributed by atoms with Crippen LogP contribution in [0.4, 0.5) is 10.5 Å². The van der Waals surface area contributed by atoms with E-state index in [0.29, 0.717) is 13.1 Å². The predicted molar refractivity (Wildman–Crippen MR) is 95.1 cm³/mol. The van der Waals surface area contributed by atoms with Crippen molar-refractivity contribution >= 4 is 17.7 Å². The van der Waals surface area contributed by atoms with E-state index < -0.39 is 5.60 Å². The first-order valence-corrected chi connectivity index (χ1v) is 8.52. The van der Waals surface area contributed by atoms with E-state index >= 15 is 0 Å². The van der Waals surface area contributed by atoms with Crippen LogP contribution in [0.5, 0.6) is 0 Å². The number of rotatable bonds is 2. The Balaban J connectivity index is 2.00. The molecule has 1 aromatic rings. The van der Waals surface area contributed by atoms with Crippen molar-refractivity contribution in [3.05, 3.63) is 29.3 Å². The van der Waals surface area contributed by atoms with Gasteiger partial charge in [-0.15, -0.1) is 0 Å². The first kappa shape index (κ1) is 18.3. The number of likely N-dealkylation sites (tertiary alicyclic amines) is 1. The molecule has 1 heterocycles. The summed E-state index contributed by atoms with van der Waals surface area (Å²) in [7, 11) is 0. The average Bonchev–Trinajstić information content (AvgIpc) is 2.49. The molecular weight excluding hydrogens is 304 g/mol. The molecule has 0 spiro atoms. The molecule has 1 fully saturated rings. The number of aryl methyl sites for hydroxylation is 2. The van der Waals surface area contributed by atoms with Crippen molar-refractivity contribution in [1.29, 1.82) is 0 Å². The normalized spacial score (nSPS) is 18.2. The second-order valence-electron chi connectivity index (χ2n) is 7.57. The third kappa shape index (κ3) is 4.98. The second-order valence-corrected chi connectivity index (χ2v) is 7.57. The van der Waals surface area contributed by atoms with Crippen LogP contribution >= 0.6 is 0 Å². The Morgan fingerprint density at radius 2 is 1.96 bits per heavy atom. The highest BCUT2D eigenvalue weighted by atomic mass is 16.6. The van der Waals surface area contributed by atoms with E-state index in [0.717, 1.165) is 29.7 Å². The Morgan fingerprint density at radius 1 is 1.25 bits per heavy atom. The topological polar surface area (TPSA) is 58.6 Å². The van der Waals surface area contributed by atoms with Crippen molar-refractivity contribution in [2.45, 2.75) is 53.1 Å². The van der Waals surface area contributed by atoms with E-state index in [1.165, 1.54) is 0 Å². The molecule has 0 radical (unpaired) electrons. The summed E-state index contributed by atoms with van der Waals surface area (Å²) in [5, 5.41) is 3.01. The number of benzene rings is 1. The molecule has 2 amide bonds. The number of nitrogens with zero attached hydrogens (tertiary/aromatic N) is 1. The van der Waals surface area contributed by atoms with Crippen molar-refractivity contribution in [2.75, 3.05) is 18.4 Å². The fraction of sp³-hybridized carbons (Fsp3) is 0.579. The lowest BCUT2D eigenvalue weighted by Crippen LogP contribution is -2.45. The van der Waals surface area contributed by atoms with E-state index in [4.69, 9.17) is 4.74 Å². The maximum atomic E-state index is 12.6. The third-order valence-corrected chi connectivity index (χ3v) is 4.09. The van der Waals surface area contributed by atoms with Crippen molar-refractivity contribution in [3.8, 4) is 0 Å². The summed E-state index contributed by atoms with van der Waals surface area (Å²) in [4.78, 5) is 26.4. The zero-order valence-electron chi connectivity index (χ0n) is 15.3. The summed E-state index contributed by atoms with van der Waals surface area (Å²) in [5.41, 5.74) is 2.46. The van der Waals surface area contributed by atoms with Crippen molar-refractivity contribution in [3.63, 3.8) is 0 Å². The highest BCUT2D eigenvalue weighted by molar-refractivity contribution is 5.93. The standard InChI is InChI=1S/C19H28N2O3/c1-13-8-9-14(2)16(11-13)20-17(22)15-7-6-10-21(12-15)18(23)24-19(3,4)5/h8-9,11,15H,6-7,10,12H2,1-5H3,(H,20,22). The summed E-state index contributed by atoms with van der Waals surface area (Å²) in [6.07, 6.45) is 1.26. The Labute approximate surface area is 144 Å². The quantitative estimate of drug-likeness (QED) is 0.894. The van der Waals surface area contributed by atoms with E-state index in [9.17, 15) is 9.59 Å². The molecule has 1 unspecified atom stereocenters. The van der Waals surface area contributed by atoms with Crippen molar-refractivity contribution in [1.82, 2.24) is 4.90 Å². The van der Waals surface area contributed by atoms with Gasteiger partial charge in [-0.05, 0) is 64.7 Å². The smallest absolute Gasteiger partial charge is 0.410 e. The third-order valence-electron chi connectivity index (χ3n) is 4.09. The minimum Gasteiger partial charge on any atom is -0.444 e. The predicted octanol–water partition coefficient (Wildman–Crippen LogP) is 3.89. The molecule has 132 valence electrons. The van der Waals surface area contributed by atoms with Crippen molar-refractivity contribution < 1.29 is 14.3 Å². The maximum absolute atomic E-state index is 12.6. The van der Waals surface area contributed by atoms with Gasteiger partial charge in [-0.3, -0.25) is 4.79 Å². The molecule has 1 atom stereocenters. The number of ether oxygens (including phenoxy) is 1. The zero-order chi connectivity index (χ0) is 17.9. The number of carbonyl (C=O) groups excluding carboxylic acids is 2. The summed E-state index contributed by atoms with van der Waals surface area (Å²) in [5.74, 6) is -0.233. The van der Waals surface area contributed by atoms with Gasteiger partial charge in [0.15, 0.2) is 0 Å². The molecule has 24 heavy (non-hydrogen) atoms. The first-order chi connectivity index (χ1) is 11.2. The maximum Gasteiger partial charge on any atom is 0.410 e. The number of carbonyl (C=O) groups is 2. The van der Waals surface area contributed by atoms with Gasteiger partial charge in [-0.25, -0.2) is 4.79 Å². The number of piperidine rings is 1. The molecule has 0 aromatic heterocycles. The summed E-state index contributed by atoms with van der Waals surface area (Å²) >= 11 is 0. The Kier molecular flexibility index (Phi) is 5.52. The van der Waals surface area contributed by atoms with Gasteiger partial charge in [-0.2, -0.15) is 0 Å². The molecule has 5 nitrogen and oxygen atoms in total. The molecule has 1 N–H and O–H groups in total. The molecule has 2 rings (SSSR count). The van der Waals surface area contributed by atoms with Crippen LogP contribution in [-0.2, 0) is 9.53 Å². The van der Waals surface area contributed by atoms with Crippen LogP contribution in [0.1, 0.15) is 44.7 Å². The monoisotopic (exact) mass is 332 g/mol. The summed E-state index contributed by atoms with van der Waals surface area (Å²) in [6, 6.07) is 6.00. The average molecular weight is 332 g/mol. The van der Waals surface area contributed by atoms with Crippen LogP contribution < -0.4 is 5.32 Å². The molecule has 1 aromatic carbocycles. The minimum absolute atomic E-state index is 0.0306. The van der Waals surface area contributed by atoms with Crippen LogP contribution in [0.15, 0.2) is 18.2 Å². The zero-order valence-corrected chi connectivity index (χ0v) is 15.3. The van der Waals surface area contributed by atoms with Crippen LogP contribution in [0, 0.1) is 19.8 Å². The number of hydrogen-bond acceptors (Lipinski definition) is 3. The molecule has 0 bridgehead atoms. The van der Waals surface area contributed by atoms with Gasteiger partial charge in [0.25, 0.3) is 0 Å². The fourth-order valence-corrected chi connectivity index (χ4v) is 2.79. The molecule has 1 aliphatic rings. The lowest BCUT2D eigenvalue weighted by molar-refractivity contribution is -0.121. The highest BCUT2D eigenvalue weighted by Gasteiger charge is 2.31. The second kappa shape index (κ2) is 7.24. The van der Waals surface area contributed by atoms with Gasteiger partial charge in [0.05, 0.1) is 5.92 Å². The van der Waals surface area contributed by atoms with Crippen LogP contribution in [0.25, 0.3) is 0 Å². The Hall–Kier alpha value is -2.04. The Bertz CT molecular complexity index is 620. The molecule has 5 heteroatoms. The SMILES string of the molecule is Cc1ccc(C)c(NC(=O)C2CCCN(C(=O)OC(C)(C)C)C2)c1. The van der Waals surface area contributed by atoms with E-state index in [1.807, 2.05) is 52.8 Å². The van der Waals surface area contributed by atoms with Crippen LogP contribution in [-0.4, -0.2) is 35.6 Å². The van der Waals surface area contributed by atoms with Crippen molar-refractivity contribution in [2.24, 2.45) is 5.92 Å². The van der Waals surface area contributed by atoms with Gasteiger partial charge in [-0.1, -0.05) is 12.1 Å².